The molecule has 0 unspecified atom stereocenters. The maximum absolute atomic E-state index is 4.19. The van der Waals surface area contributed by atoms with Gasteiger partial charge in [-0.2, -0.15) is 9.71 Å². The van der Waals surface area contributed by atoms with Crippen LogP contribution in [0.25, 0.3) is 0 Å². The first kappa shape index (κ1) is 7.71. The van der Waals surface area contributed by atoms with Crippen molar-refractivity contribution in [1.82, 2.24) is 15.8 Å². The minimum Gasteiger partial charge on any atom is -0.167 e. The van der Waals surface area contributed by atoms with E-state index in [9.17, 15) is 0 Å². The molecule has 0 aromatic rings. The Morgan fingerprint density at radius 2 is 1.55 bits per heavy atom. The van der Waals surface area contributed by atoms with E-state index in [0.717, 1.165) is 42.2 Å². The number of hydrogen-bond acceptors (Lipinski definition) is 5. The Labute approximate surface area is 68.4 Å². The summed E-state index contributed by atoms with van der Waals surface area (Å²) in [5.74, 6) is 0. The van der Waals surface area contributed by atoms with Crippen molar-refractivity contribution < 1.29 is 0 Å². The molecule has 2 aliphatic heterocycles. The Kier molecular flexibility index (Phi) is 2.56. The maximum atomic E-state index is 4.19. The number of hydrogen-bond donors (Lipinski definition) is 1. The molecule has 1 N–H and O–H groups in total. The van der Waals surface area contributed by atoms with E-state index in [1.165, 1.54) is 0 Å². The summed E-state index contributed by atoms with van der Waals surface area (Å²) in [5.41, 5.74) is 3.10. The minimum atomic E-state index is 0.991. The monoisotopic (exact) mass is 189 g/mol. The average Bonchev–Trinajstić information content (AvgIpc) is 2.60. The predicted molar refractivity (Wildman–Crippen MR) is 45.0 cm³/mol. The average molecular weight is 189 g/mol. The summed E-state index contributed by atoms with van der Waals surface area (Å²) in [6.45, 7) is 1.98. The highest BCUT2D eigenvalue weighted by Gasteiger charge is 2.13. The molecule has 0 aromatic carbocycles. The van der Waals surface area contributed by atoms with Gasteiger partial charge in [0.2, 0.25) is 0 Å². The fourth-order valence-corrected chi connectivity index (χ4v) is 2.18. The van der Waals surface area contributed by atoms with Gasteiger partial charge in [0.15, 0.2) is 0 Å². The van der Waals surface area contributed by atoms with Crippen LogP contribution < -0.4 is 5.53 Å². The summed E-state index contributed by atoms with van der Waals surface area (Å²) >= 11 is 0. The van der Waals surface area contributed by atoms with E-state index < -0.39 is 0 Å². The standard InChI is InChI=1S/C4H9N5P2/c1-3-10-6-8(1)5-9-2-4-11-7-9/h5H,1-4H2. The summed E-state index contributed by atoms with van der Waals surface area (Å²) < 4.78 is 0. The Balaban J connectivity index is 1.80. The number of rotatable bonds is 2. The summed E-state index contributed by atoms with van der Waals surface area (Å²) in [5, 5.41) is 3.71. The van der Waals surface area contributed by atoms with E-state index in [0.29, 0.717) is 0 Å². The Morgan fingerprint density at radius 3 is 1.91 bits per heavy atom. The highest BCUT2D eigenvalue weighted by molar-refractivity contribution is 7.27. The van der Waals surface area contributed by atoms with Gasteiger partial charge in [-0.3, -0.25) is 0 Å². The zero-order valence-corrected chi connectivity index (χ0v) is 7.80. The van der Waals surface area contributed by atoms with Crippen molar-refractivity contribution in [3.8, 4) is 0 Å². The van der Waals surface area contributed by atoms with E-state index in [-0.39, 0.29) is 0 Å². The van der Waals surface area contributed by atoms with Gasteiger partial charge in [-0.1, -0.05) is 0 Å². The molecule has 0 saturated carbocycles. The SMILES string of the molecule is C1CN(NN2CCP=N2)N=P1. The summed E-state index contributed by atoms with van der Waals surface area (Å²) in [7, 11) is 2.31. The smallest absolute Gasteiger partial charge is 0.0468 e. The lowest BCUT2D eigenvalue weighted by atomic mass is 10.8. The molecule has 7 heteroatoms. The van der Waals surface area contributed by atoms with Crippen LogP contribution in [0.2, 0.25) is 0 Å². The summed E-state index contributed by atoms with van der Waals surface area (Å²) in [6, 6.07) is 0. The Bertz CT molecular complexity index is 173. The Morgan fingerprint density at radius 1 is 1.00 bits per heavy atom. The highest BCUT2D eigenvalue weighted by Crippen LogP contribution is 2.14. The maximum Gasteiger partial charge on any atom is 0.0468 e. The minimum absolute atomic E-state index is 0.991. The van der Waals surface area contributed by atoms with Crippen LogP contribution in [0.4, 0.5) is 0 Å². The number of nitrogens with one attached hydrogen (secondary N) is 1. The van der Waals surface area contributed by atoms with Crippen molar-refractivity contribution in [2.45, 2.75) is 0 Å². The molecule has 0 bridgehead atoms. The lowest BCUT2D eigenvalue weighted by Gasteiger charge is -2.17. The third kappa shape index (κ3) is 2.01. The fraction of sp³-hybridized carbons (Fsp3) is 1.00. The molecule has 2 aliphatic rings. The third-order valence-electron chi connectivity index (χ3n) is 1.40. The van der Waals surface area contributed by atoms with Gasteiger partial charge in [0.1, 0.15) is 0 Å². The van der Waals surface area contributed by atoms with E-state index in [1.54, 1.807) is 0 Å². The molecule has 0 radical (unpaired) electrons. The van der Waals surface area contributed by atoms with Crippen LogP contribution in [0.15, 0.2) is 9.71 Å². The molecule has 0 aliphatic carbocycles. The van der Waals surface area contributed by atoms with Crippen molar-refractivity contribution in [1.29, 1.82) is 0 Å². The largest absolute Gasteiger partial charge is 0.167 e. The first-order valence-corrected chi connectivity index (χ1v) is 5.58. The van der Waals surface area contributed by atoms with Crippen molar-refractivity contribution in [2.24, 2.45) is 9.71 Å². The molecule has 0 atom stereocenters. The number of nitrogens with zero attached hydrogens (tertiary/aromatic N) is 4. The van der Waals surface area contributed by atoms with Crippen LogP contribution in [0.1, 0.15) is 0 Å². The molecular weight excluding hydrogens is 180 g/mol. The first-order valence-electron chi connectivity index (χ1n) is 3.51. The van der Waals surface area contributed by atoms with Crippen LogP contribution >= 0.6 is 16.7 Å². The second-order valence-electron chi connectivity index (χ2n) is 2.26. The van der Waals surface area contributed by atoms with Crippen LogP contribution in [-0.2, 0) is 0 Å². The molecule has 2 heterocycles. The molecule has 0 fully saturated rings. The fourth-order valence-electron chi connectivity index (χ4n) is 0.884. The van der Waals surface area contributed by atoms with Crippen LogP contribution in [0.5, 0.6) is 0 Å². The molecule has 0 aromatic heterocycles. The van der Waals surface area contributed by atoms with Gasteiger partial charge in [-0.15, -0.1) is 15.8 Å². The topological polar surface area (TPSA) is 43.2 Å². The number of hydrazine groups is 2. The van der Waals surface area contributed by atoms with E-state index in [2.05, 4.69) is 15.2 Å². The molecule has 11 heavy (non-hydrogen) atoms. The third-order valence-corrected chi connectivity index (χ3v) is 2.88. The normalized spacial score (nSPS) is 28.4. The van der Waals surface area contributed by atoms with Gasteiger partial charge < -0.3 is 0 Å². The van der Waals surface area contributed by atoms with Gasteiger partial charge in [-0.05, 0) is 0 Å². The van der Waals surface area contributed by atoms with Crippen molar-refractivity contribution in [2.75, 3.05) is 25.4 Å². The van der Waals surface area contributed by atoms with Crippen molar-refractivity contribution in [3.63, 3.8) is 0 Å². The van der Waals surface area contributed by atoms with E-state index in [4.69, 9.17) is 0 Å². The zero-order valence-electron chi connectivity index (χ0n) is 6.01. The zero-order chi connectivity index (χ0) is 7.52. The van der Waals surface area contributed by atoms with Crippen molar-refractivity contribution >= 4 is 16.7 Å². The lowest BCUT2D eigenvalue weighted by Crippen LogP contribution is -2.43. The van der Waals surface area contributed by atoms with E-state index >= 15 is 0 Å². The Hall–Kier alpha value is 0.0800. The lowest BCUT2D eigenvalue weighted by molar-refractivity contribution is 0.0482. The van der Waals surface area contributed by atoms with Crippen LogP contribution in [0.3, 0.4) is 0 Å². The predicted octanol–water partition coefficient (Wildman–Crippen LogP) is 1.13. The summed E-state index contributed by atoms with van der Waals surface area (Å²) in [4.78, 5) is 8.38. The second-order valence-corrected chi connectivity index (χ2v) is 4.07. The van der Waals surface area contributed by atoms with Gasteiger partial charge in [0.05, 0.1) is 0 Å². The van der Waals surface area contributed by atoms with Crippen LogP contribution in [-0.4, -0.2) is 35.6 Å². The quantitative estimate of drug-likeness (QED) is 0.662. The highest BCUT2D eigenvalue weighted by atomic mass is 31.1. The molecule has 0 amide bonds. The molecule has 0 spiro atoms. The van der Waals surface area contributed by atoms with Gasteiger partial charge in [0.25, 0.3) is 0 Å². The van der Waals surface area contributed by atoms with Gasteiger partial charge in [0, 0.05) is 42.2 Å². The van der Waals surface area contributed by atoms with E-state index in [1.807, 2.05) is 10.2 Å². The first-order chi connectivity index (χ1) is 5.45. The molecule has 5 nitrogen and oxygen atoms in total. The molecule has 0 saturated heterocycles. The second kappa shape index (κ2) is 3.65. The molecule has 60 valence electrons. The summed E-state index contributed by atoms with van der Waals surface area (Å²) in [6.07, 6.45) is 2.25. The molecule has 2 rings (SSSR count). The van der Waals surface area contributed by atoms with Gasteiger partial charge in [-0.25, -0.2) is 0 Å². The van der Waals surface area contributed by atoms with Crippen molar-refractivity contribution in [3.05, 3.63) is 0 Å². The molecular formula is C4H9N5P2. The van der Waals surface area contributed by atoms with Crippen LogP contribution in [0, 0.1) is 0 Å². The van der Waals surface area contributed by atoms with Gasteiger partial charge >= 0.3 is 0 Å².